The van der Waals surface area contributed by atoms with Gasteiger partial charge in [0.25, 0.3) is 20.2 Å². The predicted octanol–water partition coefficient (Wildman–Crippen LogP) is 5.08. The molecule has 0 radical (unpaired) electrons. The highest BCUT2D eigenvalue weighted by Crippen LogP contribution is 2.32. The summed E-state index contributed by atoms with van der Waals surface area (Å²) in [6, 6.07) is 35.1. The van der Waals surface area contributed by atoms with E-state index < -0.39 is 62.8 Å². The molecule has 0 fully saturated rings. The van der Waals surface area contributed by atoms with Gasteiger partial charge in [-0.3, -0.25) is 8.37 Å². The summed E-state index contributed by atoms with van der Waals surface area (Å²) >= 11 is 0. The summed E-state index contributed by atoms with van der Waals surface area (Å²) in [5, 5.41) is 10.7. The van der Waals surface area contributed by atoms with Crippen LogP contribution in [0.2, 0.25) is 0 Å². The number of rotatable bonds is 19. The molecule has 258 valence electrons. The Morgan fingerprint density at radius 2 is 1.04 bits per heavy atom. The predicted molar refractivity (Wildman–Crippen MR) is 183 cm³/mol. The summed E-state index contributed by atoms with van der Waals surface area (Å²) in [6.45, 7) is -0.941. The standard InChI is InChI=1S/C36H38N2O9S2/c39-22-33(46-48(40,41)25-30-17-9-3-10-18-30)35(45-24-29-15-7-2-8-16-29)36(47-49(42,43)26-31-19-11-4-12-20-31)34(32-21-37-27-38-32)44-23-28-13-5-1-6-14-28/h1-21,27,33-36,39H,22-26H2,(H,37,38)/t33-,34-,35+,36+/m0/s1. The van der Waals surface area contributed by atoms with Crippen LogP contribution in [0.15, 0.2) is 134 Å². The Bertz CT molecular complexity index is 1900. The Labute approximate surface area is 286 Å². The highest BCUT2D eigenvalue weighted by molar-refractivity contribution is 7.86. The van der Waals surface area contributed by atoms with Crippen molar-refractivity contribution in [3.05, 3.63) is 162 Å². The van der Waals surface area contributed by atoms with E-state index in [1.54, 1.807) is 84.9 Å². The van der Waals surface area contributed by atoms with Gasteiger partial charge >= 0.3 is 0 Å². The first-order valence-corrected chi connectivity index (χ1v) is 18.7. The molecule has 5 rings (SSSR count). The van der Waals surface area contributed by atoms with Crippen LogP contribution in [0.4, 0.5) is 0 Å². The number of hydrogen-bond donors (Lipinski definition) is 2. The van der Waals surface area contributed by atoms with E-state index in [9.17, 15) is 21.9 Å². The minimum atomic E-state index is -4.40. The molecule has 2 N–H and O–H groups in total. The van der Waals surface area contributed by atoms with Crippen molar-refractivity contribution in [3.8, 4) is 0 Å². The third-order valence-corrected chi connectivity index (χ3v) is 9.88. The molecule has 4 aromatic carbocycles. The molecule has 13 heteroatoms. The Morgan fingerprint density at radius 1 is 0.592 bits per heavy atom. The minimum absolute atomic E-state index is 0.0193. The Kier molecular flexibility index (Phi) is 12.8. The largest absolute Gasteiger partial charge is 0.394 e. The lowest BCUT2D eigenvalue weighted by atomic mass is 10.0. The third-order valence-electron chi connectivity index (χ3n) is 7.45. The molecule has 1 aromatic heterocycles. The van der Waals surface area contributed by atoms with Gasteiger partial charge in [0.15, 0.2) is 0 Å². The van der Waals surface area contributed by atoms with E-state index in [0.717, 1.165) is 5.56 Å². The number of aromatic nitrogens is 2. The van der Waals surface area contributed by atoms with Gasteiger partial charge in [-0.05, 0) is 22.3 Å². The van der Waals surface area contributed by atoms with E-state index in [2.05, 4.69) is 9.97 Å². The molecule has 0 spiro atoms. The second-order valence-electron chi connectivity index (χ2n) is 11.2. The van der Waals surface area contributed by atoms with Crippen LogP contribution in [0.3, 0.4) is 0 Å². The van der Waals surface area contributed by atoms with Crippen molar-refractivity contribution in [2.24, 2.45) is 0 Å². The number of nitrogens with zero attached hydrogens (tertiary/aromatic N) is 1. The summed E-state index contributed by atoms with van der Waals surface area (Å²) in [5.41, 5.74) is 2.73. The molecule has 0 aliphatic carbocycles. The van der Waals surface area contributed by atoms with Crippen molar-refractivity contribution in [1.29, 1.82) is 0 Å². The maximum Gasteiger partial charge on any atom is 0.271 e. The van der Waals surface area contributed by atoms with Crippen molar-refractivity contribution in [1.82, 2.24) is 9.97 Å². The Morgan fingerprint density at radius 3 is 1.49 bits per heavy atom. The van der Waals surface area contributed by atoms with E-state index in [0.29, 0.717) is 22.4 Å². The van der Waals surface area contributed by atoms with Crippen LogP contribution >= 0.6 is 0 Å². The molecule has 1 heterocycles. The van der Waals surface area contributed by atoms with E-state index >= 15 is 0 Å². The number of nitrogens with one attached hydrogen (secondary N) is 1. The van der Waals surface area contributed by atoms with E-state index in [1.807, 2.05) is 36.4 Å². The van der Waals surface area contributed by atoms with Gasteiger partial charge in [-0.15, -0.1) is 0 Å². The quantitative estimate of drug-likeness (QED) is 0.111. The van der Waals surface area contributed by atoms with Crippen molar-refractivity contribution in [2.75, 3.05) is 6.61 Å². The van der Waals surface area contributed by atoms with E-state index in [4.69, 9.17) is 17.8 Å². The molecule has 0 amide bonds. The van der Waals surface area contributed by atoms with Gasteiger partial charge in [0.2, 0.25) is 0 Å². The monoisotopic (exact) mass is 706 g/mol. The van der Waals surface area contributed by atoms with Gasteiger partial charge in [-0.25, -0.2) is 4.98 Å². The second-order valence-corrected chi connectivity index (χ2v) is 14.4. The van der Waals surface area contributed by atoms with Crippen molar-refractivity contribution < 1.29 is 39.8 Å². The summed E-state index contributed by atoms with van der Waals surface area (Å²) < 4.78 is 78.7. The zero-order chi connectivity index (χ0) is 34.5. The van der Waals surface area contributed by atoms with Crippen molar-refractivity contribution in [2.45, 2.75) is 49.1 Å². The Balaban J connectivity index is 1.56. The number of H-pyrrole nitrogens is 1. The first-order valence-electron chi connectivity index (χ1n) is 15.5. The molecule has 0 saturated heterocycles. The fourth-order valence-electron chi connectivity index (χ4n) is 5.17. The average molecular weight is 707 g/mol. The maximum atomic E-state index is 13.8. The molecule has 0 aliphatic heterocycles. The molecule has 5 aromatic rings. The molecular formula is C36H38N2O9S2. The van der Waals surface area contributed by atoms with Crippen LogP contribution < -0.4 is 0 Å². The lowest BCUT2D eigenvalue weighted by Crippen LogP contribution is -2.49. The van der Waals surface area contributed by atoms with Crippen LogP contribution in [-0.4, -0.2) is 56.8 Å². The normalized spacial score (nSPS) is 14.6. The van der Waals surface area contributed by atoms with Crippen LogP contribution in [0.5, 0.6) is 0 Å². The lowest BCUT2D eigenvalue weighted by molar-refractivity contribution is -0.147. The number of aromatic amines is 1. The highest BCUT2D eigenvalue weighted by atomic mass is 32.2. The maximum absolute atomic E-state index is 13.8. The zero-order valence-corrected chi connectivity index (χ0v) is 28.2. The summed E-state index contributed by atoms with van der Waals surface area (Å²) in [5.74, 6) is -0.997. The third kappa shape index (κ3) is 11.2. The number of ether oxygens (including phenoxy) is 2. The van der Waals surface area contributed by atoms with Gasteiger partial charge in [0.05, 0.1) is 38.0 Å². The molecule has 0 saturated carbocycles. The van der Waals surface area contributed by atoms with Crippen molar-refractivity contribution in [3.63, 3.8) is 0 Å². The summed E-state index contributed by atoms with van der Waals surface area (Å²) in [4.78, 5) is 7.08. The molecule has 0 aliphatic rings. The van der Waals surface area contributed by atoms with Crippen LogP contribution in [0.1, 0.15) is 34.1 Å². The number of aliphatic hydroxyl groups excluding tert-OH is 1. The number of imidazole rings is 1. The second kappa shape index (κ2) is 17.4. The Hall–Kier alpha value is -4.21. The molecule has 49 heavy (non-hydrogen) atoms. The van der Waals surface area contributed by atoms with Crippen LogP contribution in [0.25, 0.3) is 0 Å². The smallest absolute Gasteiger partial charge is 0.271 e. The molecule has 0 unspecified atom stereocenters. The first kappa shape index (κ1) is 36.1. The topological polar surface area (TPSA) is 154 Å². The van der Waals surface area contributed by atoms with E-state index in [1.165, 1.54) is 12.5 Å². The van der Waals surface area contributed by atoms with Crippen LogP contribution in [0, 0.1) is 0 Å². The number of aliphatic hydroxyl groups is 1. The lowest BCUT2D eigenvalue weighted by Gasteiger charge is -2.35. The first-order chi connectivity index (χ1) is 23.7. The molecular weight excluding hydrogens is 669 g/mol. The fraction of sp³-hybridized carbons (Fsp3) is 0.250. The zero-order valence-electron chi connectivity index (χ0n) is 26.5. The highest BCUT2D eigenvalue weighted by Gasteiger charge is 2.44. The van der Waals surface area contributed by atoms with Gasteiger partial charge in [0, 0.05) is 0 Å². The number of hydrogen-bond acceptors (Lipinski definition) is 10. The molecule has 0 bridgehead atoms. The summed E-state index contributed by atoms with van der Waals surface area (Å²) in [6.07, 6.45) is -3.07. The minimum Gasteiger partial charge on any atom is -0.394 e. The van der Waals surface area contributed by atoms with Gasteiger partial charge in [-0.1, -0.05) is 121 Å². The van der Waals surface area contributed by atoms with E-state index in [-0.39, 0.29) is 13.2 Å². The molecule has 11 nitrogen and oxygen atoms in total. The van der Waals surface area contributed by atoms with Gasteiger partial charge < -0.3 is 19.6 Å². The summed E-state index contributed by atoms with van der Waals surface area (Å²) in [7, 11) is -8.74. The average Bonchev–Trinajstić information content (AvgIpc) is 3.64. The molecule has 4 atom stereocenters. The van der Waals surface area contributed by atoms with Crippen molar-refractivity contribution >= 4 is 20.2 Å². The number of benzene rings is 4. The van der Waals surface area contributed by atoms with Gasteiger partial charge in [-0.2, -0.15) is 16.8 Å². The van der Waals surface area contributed by atoms with Crippen LogP contribution in [-0.2, 0) is 62.8 Å². The fourth-order valence-corrected chi connectivity index (χ4v) is 7.61. The SMILES string of the molecule is O=S(=O)(Cc1ccccc1)O[C@@H]([C@H](OCc1ccccc1)[C@H](CO)OS(=O)(=O)Cc1ccccc1)[C@@H](OCc1ccccc1)c1cnc[nH]1. The van der Waals surface area contributed by atoms with Gasteiger partial charge in [0.1, 0.15) is 35.9 Å².